The average molecular weight is 256 g/mol. The Hall–Kier alpha value is 0.165. The number of aryl methyl sites for hydroxylation is 1. The van der Waals surface area contributed by atoms with Crippen LogP contribution in [0.5, 0.6) is 0 Å². The second-order valence-electron chi connectivity index (χ2n) is 3.28. The molecule has 2 aromatic rings. The van der Waals surface area contributed by atoms with Crippen molar-refractivity contribution in [2.45, 2.75) is 13.3 Å². The summed E-state index contributed by atoms with van der Waals surface area (Å²) in [6.45, 7) is 2.04. The zero-order valence-electron chi connectivity index (χ0n) is 8.26. The average Bonchev–Trinajstić information content (AvgIpc) is 2.67. The van der Waals surface area contributed by atoms with Gasteiger partial charge in [-0.3, -0.25) is 10.1 Å². The summed E-state index contributed by atoms with van der Waals surface area (Å²) >= 11 is 0. The maximum atomic E-state index is 4.28. The largest absolute Gasteiger partial charge is 1.00 e. The second kappa shape index (κ2) is 3.97. The third kappa shape index (κ3) is 1.47. The third-order valence-corrected chi connectivity index (χ3v) is 2.51. The summed E-state index contributed by atoms with van der Waals surface area (Å²) in [4.78, 5) is 4.28. The van der Waals surface area contributed by atoms with Crippen LogP contribution in [-0.4, -0.2) is 15.2 Å². The predicted molar refractivity (Wildman–Crippen MR) is 48.2 cm³/mol. The molecule has 2 heterocycles. The Balaban J connectivity index is 0.000000750. The molecule has 0 aromatic carbocycles. The molecule has 0 saturated carbocycles. The van der Waals surface area contributed by atoms with Gasteiger partial charge < -0.3 is 0 Å². The van der Waals surface area contributed by atoms with Gasteiger partial charge in [-0.05, 0) is 18.2 Å². The zero-order valence-corrected chi connectivity index (χ0v) is 13.2. The summed E-state index contributed by atoms with van der Waals surface area (Å²) in [6, 6.07) is 4.93. The minimum absolute atomic E-state index is 0. The van der Waals surface area contributed by atoms with Crippen LogP contribution in [0.25, 0.3) is 11.3 Å². The predicted octanol–water partition coefficient (Wildman–Crippen LogP) is -1.51. The van der Waals surface area contributed by atoms with Crippen LogP contribution in [0.4, 0.5) is 0 Å². The monoisotopic (exact) mass is 255 g/mol. The molecule has 1 aliphatic carbocycles. The molecular formula is C10H8N3Rb. The van der Waals surface area contributed by atoms with E-state index in [2.05, 4.69) is 21.2 Å². The van der Waals surface area contributed by atoms with E-state index in [0.29, 0.717) is 0 Å². The minimum Gasteiger partial charge on any atom is -0.300 e. The molecule has 14 heavy (non-hydrogen) atoms. The Bertz CT molecular complexity index is 476. The Morgan fingerprint density at radius 1 is 1.50 bits per heavy atom. The molecule has 0 radical (unpaired) electrons. The van der Waals surface area contributed by atoms with Gasteiger partial charge >= 0.3 is 58.2 Å². The topological polar surface area (TPSA) is 41.6 Å². The first kappa shape index (κ1) is 10.7. The van der Waals surface area contributed by atoms with E-state index in [9.17, 15) is 0 Å². The number of hydrogen-bond donors (Lipinski definition) is 1. The summed E-state index contributed by atoms with van der Waals surface area (Å²) in [5, 5.41) is 7.24. The van der Waals surface area contributed by atoms with Crippen LogP contribution in [0.3, 0.4) is 0 Å². The number of hydrogen-bond acceptors (Lipinski definition) is 2. The Morgan fingerprint density at radius 3 is 3.21 bits per heavy atom. The van der Waals surface area contributed by atoms with E-state index in [-0.39, 0.29) is 58.2 Å². The SMILES string of the molecule is Cc1[nH]nc2c1Cc1nc[c-]cc1-2.[Rb+]. The number of pyridine rings is 1. The van der Waals surface area contributed by atoms with Gasteiger partial charge in [-0.15, -0.1) is 5.56 Å². The molecule has 0 atom stereocenters. The number of nitrogens with zero attached hydrogens (tertiary/aromatic N) is 2. The summed E-state index contributed by atoms with van der Waals surface area (Å²) in [6.07, 6.45) is 2.62. The van der Waals surface area contributed by atoms with Crippen molar-refractivity contribution in [3.05, 3.63) is 35.3 Å². The fourth-order valence-corrected chi connectivity index (χ4v) is 1.79. The quantitative estimate of drug-likeness (QED) is 0.496. The summed E-state index contributed by atoms with van der Waals surface area (Å²) < 4.78 is 0. The van der Waals surface area contributed by atoms with Crippen LogP contribution in [0.15, 0.2) is 12.3 Å². The first-order valence-corrected chi connectivity index (χ1v) is 4.25. The number of aromatic amines is 1. The molecule has 4 heteroatoms. The molecule has 3 rings (SSSR count). The first-order valence-electron chi connectivity index (χ1n) is 4.25. The van der Waals surface area contributed by atoms with Gasteiger partial charge in [-0.25, -0.2) is 12.1 Å². The molecule has 0 saturated heterocycles. The molecule has 1 N–H and O–H groups in total. The Morgan fingerprint density at radius 2 is 2.36 bits per heavy atom. The van der Waals surface area contributed by atoms with Crippen molar-refractivity contribution in [2.24, 2.45) is 0 Å². The van der Waals surface area contributed by atoms with Gasteiger partial charge in [0, 0.05) is 17.8 Å². The first-order chi connectivity index (χ1) is 6.36. The Kier molecular flexibility index (Phi) is 3.02. The van der Waals surface area contributed by atoms with Crippen LogP contribution in [0, 0.1) is 13.0 Å². The van der Waals surface area contributed by atoms with Crippen molar-refractivity contribution in [1.82, 2.24) is 15.2 Å². The molecule has 0 unspecified atom stereocenters. The standard InChI is InChI=1S/C10H8N3.Rb/c1-6-8-5-9-7(3-2-4-11-9)10(8)13-12-6;/h3-4H,5H2,1H3,(H,12,13);/q-1;+1. The molecule has 3 nitrogen and oxygen atoms in total. The smallest absolute Gasteiger partial charge is 0.300 e. The molecule has 0 spiro atoms. The molecule has 0 fully saturated rings. The second-order valence-corrected chi connectivity index (χ2v) is 3.28. The molecule has 1 aliphatic rings. The van der Waals surface area contributed by atoms with Crippen LogP contribution in [0.2, 0.25) is 0 Å². The maximum absolute atomic E-state index is 4.28. The van der Waals surface area contributed by atoms with Gasteiger partial charge in [0.25, 0.3) is 0 Å². The van der Waals surface area contributed by atoms with E-state index < -0.39 is 0 Å². The van der Waals surface area contributed by atoms with Crippen LogP contribution < -0.4 is 58.2 Å². The van der Waals surface area contributed by atoms with Crippen LogP contribution >= 0.6 is 0 Å². The Labute approximate surface area is 131 Å². The van der Waals surface area contributed by atoms with E-state index in [1.54, 1.807) is 6.20 Å². The number of nitrogens with one attached hydrogen (secondary N) is 1. The van der Waals surface area contributed by atoms with Crippen LogP contribution in [0.1, 0.15) is 17.0 Å². The van der Waals surface area contributed by atoms with Gasteiger partial charge in [-0.2, -0.15) is 5.10 Å². The van der Waals surface area contributed by atoms with Gasteiger partial charge in [0.2, 0.25) is 0 Å². The fourth-order valence-electron chi connectivity index (χ4n) is 1.79. The number of rotatable bonds is 0. The molecule has 64 valence electrons. The summed E-state index contributed by atoms with van der Waals surface area (Å²) in [5.41, 5.74) is 5.72. The maximum Gasteiger partial charge on any atom is 1.00 e. The molecule has 0 amide bonds. The van der Waals surface area contributed by atoms with Crippen molar-refractivity contribution in [1.29, 1.82) is 0 Å². The van der Waals surface area contributed by atoms with Crippen molar-refractivity contribution in [3.63, 3.8) is 0 Å². The van der Waals surface area contributed by atoms with Gasteiger partial charge in [0.15, 0.2) is 0 Å². The fraction of sp³-hybridized carbons (Fsp3) is 0.200. The van der Waals surface area contributed by atoms with Gasteiger partial charge in [0.1, 0.15) is 0 Å². The van der Waals surface area contributed by atoms with E-state index in [1.165, 1.54) is 5.56 Å². The number of H-pyrrole nitrogens is 1. The van der Waals surface area contributed by atoms with Crippen molar-refractivity contribution >= 4 is 0 Å². The van der Waals surface area contributed by atoms with Crippen molar-refractivity contribution in [2.75, 3.05) is 0 Å². The zero-order chi connectivity index (χ0) is 8.84. The minimum atomic E-state index is 0. The summed E-state index contributed by atoms with van der Waals surface area (Å²) in [7, 11) is 0. The van der Waals surface area contributed by atoms with E-state index in [0.717, 1.165) is 29.1 Å². The normalized spacial score (nSPS) is 11.8. The van der Waals surface area contributed by atoms with Crippen molar-refractivity contribution in [3.8, 4) is 11.3 Å². The third-order valence-electron chi connectivity index (χ3n) is 2.51. The van der Waals surface area contributed by atoms with Gasteiger partial charge in [-0.1, -0.05) is 6.20 Å². The van der Waals surface area contributed by atoms with E-state index in [1.807, 2.05) is 13.0 Å². The summed E-state index contributed by atoms with van der Waals surface area (Å²) in [5.74, 6) is 0. The van der Waals surface area contributed by atoms with E-state index in [4.69, 9.17) is 0 Å². The van der Waals surface area contributed by atoms with Crippen LogP contribution in [-0.2, 0) is 6.42 Å². The van der Waals surface area contributed by atoms with Crippen molar-refractivity contribution < 1.29 is 58.2 Å². The number of aromatic nitrogens is 3. The molecule has 0 aliphatic heterocycles. The molecular weight excluding hydrogens is 248 g/mol. The molecule has 0 bridgehead atoms. The number of fused-ring (bicyclic) bond motifs is 3. The van der Waals surface area contributed by atoms with Gasteiger partial charge in [0.05, 0.1) is 0 Å². The van der Waals surface area contributed by atoms with E-state index >= 15 is 0 Å². The molecule has 2 aromatic heterocycles.